The highest BCUT2D eigenvalue weighted by Gasteiger charge is 2.46. The van der Waals surface area contributed by atoms with Gasteiger partial charge >= 0.3 is 0 Å². The van der Waals surface area contributed by atoms with Gasteiger partial charge in [-0.25, -0.2) is 0 Å². The van der Waals surface area contributed by atoms with Crippen LogP contribution in [0.5, 0.6) is 0 Å². The van der Waals surface area contributed by atoms with Crippen LogP contribution in [0.25, 0.3) is 33.4 Å². The maximum atomic E-state index is 4.60. The van der Waals surface area contributed by atoms with Gasteiger partial charge in [-0.05, 0) is 111 Å². The maximum Gasteiger partial charge on any atom is 0.0713 e. The van der Waals surface area contributed by atoms with Gasteiger partial charge in [-0.2, -0.15) is 0 Å². The summed E-state index contributed by atoms with van der Waals surface area (Å²) in [6, 6.07) is 51.3. The molecule has 1 aliphatic rings. The number of nitrogens with zero attached hydrogens (tertiary/aromatic N) is 1. The molecule has 5 aromatic carbocycles. The molecule has 7 rings (SSSR count). The van der Waals surface area contributed by atoms with Crippen LogP contribution in [0.1, 0.15) is 66.3 Å². The lowest BCUT2D eigenvalue weighted by Gasteiger charge is -2.34. The van der Waals surface area contributed by atoms with Crippen LogP contribution in [-0.4, -0.2) is 4.98 Å². The highest BCUT2D eigenvalue weighted by Crippen LogP contribution is 2.57. The number of hydrogen-bond donors (Lipinski definition) is 0. The van der Waals surface area contributed by atoms with Crippen molar-refractivity contribution < 1.29 is 0 Å². The summed E-state index contributed by atoms with van der Waals surface area (Å²) in [5.74, 6) is 0. The zero-order chi connectivity index (χ0) is 32.9. The molecule has 0 N–H and O–H groups in total. The van der Waals surface area contributed by atoms with Crippen LogP contribution in [0.2, 0.25) is 0 Å². The Balaban J connectivity index is 1.49. The predicted molar refractivity (Wildman–Crippen MR) is 204 cm³/mol. The van der Waals surface area contributed by atoms with Crippen molar-refractivity contribution in [2.24, 2.45) is 0 Å². The topological polar surface area (TPSA) is 12.9 Å². The van der Waals surface area contributed by atoms with Crippen molar-refractivity contribution in [3.63, 3.8) is 0 Å². The molecule has 6 aromatic rings. The van der Waals surface area contributed by atoms with E-state index >= 15 is 0 Å². The molecule has 0 spiro atoms. The molecule has 1 aliphatic carbocycles. The molecule has 0 amide bonds. The molecule has 0 aliphatic heterocycles. The van der Waals surface area contributed by atoms with Crippen molar-refractivity contribution in [1.82, 2.24) is 4.98 Å². The van der Waals surface area contributed by atoms with E-state index < -0.39 is 5.41 Å². The van der Waals surface area contributed by atoms with Gasteiger partial charge in [0.2, 0.25) is 0 Å². The standard InChI is InChI=1S/C47H41N/c1-4-6-17-35(5-2)36-26-28-37(29-27-36)43-33-46-44(32-42(43)34(3)25-30-40-22-15-16-31-48-40)41-23-13-14-24-45(41)47(46,38-18-9-7-10-19-38)39-20-11-8-12-21-39/h5-29,31-33H,4,30H2,1-3H3/b17-6-,34-25+,35-5+. The Bertz CT molecular complexity index is 2080. The Labute approximate surface area is 285 Å². The van der Waals surface area contributed by atoms with Crippen molar-refractivity contribution in [1.29, 1.82) is 0 Å². The van der Waals surface area contributed by atoms with Gasteiger partial charge in [0.25, 0.3) is 0 Å². The van der Waals surface area contributed by atoms with E-state index in [0.717, 1.165) is 18.5 Å². The van der Waals surface area contributed by atoms with Gasteiger partial charge in [-0.3, -0.25) is 4.98 Å². The zero-order valence-corrected chi connectivity index (χ0v) is 28.0. The second-order valence-corrected chi connectivity index (χ2v) is 12.5. The Morgan fingerprint density at radius 3 is 1.98 bits per heavy atom. The lowest BCUT2D eigenvalue weighted by atomic mass is 9.67. The third-order valence-electron chi connectivity index (χ3n) is 9.74. The molecule has 0 saturated carbocycles. The SMILES string of the molecule is C/C=C(\C=C/CC)c1ccc(-c2cc3c(cc2/C(C)=C/Cc2ccccn2)-c2ccccc2C3(c2ccccc2)c2ccccc2)cc1. The molecule has 1 nitrogen and oxygen atoms in total. The van der Waals surface area contributed by atoms with E-state index in [2.05, 4.69) is 184 Å². The molecule has 1 heteroatoms. The normalized spacial score (nSPS) is 13.8. The number of hydrogen-bond acceptors (Lipinski definition) is 1. The summed E-state index contributed by atoms with van der Waals surface area (Å²) in [6.07, 6.45) is 12.7. The highest BCUT2D eigenvalue weighted by molar-refractivity contribution is 5.93. The second-order valence-electron chi connectivity index (χ2n) is 12.5. The van der Waals surface area contributed by atoms with E-state index in [1.165, 1.54) is 66.8 Å². The van der Waals surface area contributed by atoms with Crippen molar-refractivity contribution in [3.8, 4) is 22.3 Å². The fourth-order valence-electron chi connectivity index (χ4n) is 7.39. The number of pyridine rings is 1. The van der Waals surface area contributed by atoms with Crippen molar-refractivity contribution in [2.75, 3.05) is 0 Å². The Morgan fingerprint density at radius 1 is 0.667 bits per heavy atom. The molecule has 0 unspecified atom stereocenters. The predicted octanol–water partition coefficient (Wildman–Crippen LogP) is 12.1. The first-order chi connectivity index (χ1) is 23.6. The smallest absolute Gasteiger partial charge is 0.0713 e. The molecule has 0 bridgehead atoms. The van der Waals surface area contributed by atoms with Crippen molar-refractivity contribution in [3.05, 3.63) is 209 Å². The molecule has 1 heterocycles. The van der Waals surface area contributed by atoms with Crippen LogP contribution in [0.4, 0.5) is 0 Å². The second kappa shape index (κ2) is 13.7. The fraction of sp³-hybridized carbons (Fsp3) is 0.128. The third-order valence-corrected chi connectivity index (χ3v) is 9.74. The summed E-state index contributed by atoms with van der Waals surface area (Å²) >= 11 is 0. The number of rotatable bonds is 9. The Hall–Kier alpha value is -5.53. The Morgan fingerprint density at radius 2 is 1.33 bits per heavy atom. The van der Waals surface area contributed by atoms with Gasteiger partial charge in [0.1, 0.15) is 0 Å². The van der Waals surface area contributed by atoms with Gasteiger partial charge in [-0.15, -0.1) is 0 Å². The summed E-state index contributed by atoms with van der Waals surface area (Å²) in [5.41, 5.74) is 15.8. The molecule has 0 fully saturated rings. The highest BCUT2D eigenvalue weighted by atomic mass is 14.7. The molecule has 234 valence electrons. The van der Waals surface area contributed by atoms with E-state index in [9.17, 15) is 0 Å². The summed E-state index contributed by atoms with van der Waals surface area (Å²) in [4.78, 5) is 4.60. The van der Waals surface area contributed by atoms with E-state index in [4.69, 9.17) is 0 Å². The quantitative estimate of drug-likeness (QED) is 0.147. The maximum absolute atomic E-state index is 4.60. The molecular formula is C47H41N. The first-order valence-corrected chi connectivity index (χ1v) is 17.0. The monoisotopic (exact) mass is 619 g/mol. The van der Waals surface area contributed by atoms with Gasteiger partial charge in [0.05, 0.1) is 5.41 Å². The number of aromatic nitrogens is 1. The molecular weight excluding hydrogens is 579 g/mol. The molecule has 48 heavy (non-hydrogen) atoms. The molecule has 0 atom stereocenters. The van der Waals surface area contributed by atoms with E-state index in [1.54, 1.807) is 0 Å². The van der Waals surface area contributed by atoms with Crippen molar-refractivity contribution >= 4 is 11.1 Å². The summed E-state index contributed by atoms with van der Waals surface area (Å²) < 4.78 is 0. The van der Waals surface area contributed by atoms with Gasteiger partial charge < -0.3 is 0 Å². The van der Waals surface area contributed by atoms with Crippen LogP contribution in [-0.2, 0) is 11.8 Å². The minimum atomic E-state index is -0.448. The summed E-state index contributed by atoms with van der Waals surface area (Å²) in [7, 11) is 0. The first kappa shape index (κ1) is 31.1. The average Bonchev–Trinajstić information content (AvgIpc) is 3.45. The average molecular weight is 620 g/mol. The van der Waals surface area contributed by atoms with Crippen LogP contribution in [0.15, 0.2) is 170 Å². The van der Waals surface area contributed by atoms with E-state index in [0.29, 0.717) is 0 Å². The van der Waals surface area contributed by atoms with Crippen molar-refractivity contribution in [2.45, 2.75) is 39.0 Å². The zero-order valence-electron chi connectivity index (χ0n) is 28.0. The fourth-order valence-corrected chi connectivity index (χ4v) is 7.39. The minimum Gasteiger partial charge on any atom is -0.261 e. The van der Waals surface area contributed by atoms with Gasteiger partial charge in [0.15, 0.2) is 0 Å². The van der Waals surface area contributed by atoms with Crippen LogP contribution in [0, 0.1) is 0 Å². The number of benzene rings is 5. The third kappa shape index (κ3) is 5.56. The number of allylic oxidation sites excluding steroid dienone is 6. The molecule has 0 radical (unpaired) electrons. The van der Waals surface area contributed by atoms with Crippen LogP contribution in [0.3, 0.4) is 0 Å². The van der Waals surface area contributed by atoms with E-state index in [1.807, 2.05) is 12.3 Å². The minimum absolute atomic E-state index is 0.448. The van der Waals surface area contributed by atoms with Crippen LogP contribution < -0.4 is 0 Å². The largest absolute Gasteiger partial charge is 0.261 e. The number of fused-ring (bicyclic) bond motifs is 3. The lowest BCUT2D eigenvalue weighted by molar-refractivity contribution is 0.768. The van der Waals surface area contributed by atoms with Gasteiger partial charge in [-0.1, -0.05) is 146 Å². The first-order valence-electron chi connectivity index (χ1n) is 17.0. The van der Waals surface area contributed by atoms with E-state index in [-0.39, 0.29) is 0 Å². The summed E-state index contributed by atoms with van der Waals surface area (Å²) in [5, 5.41) is 0. The molecule has 0 saturated heterocycles. The van der Waals surface area contributed by atoms with Gasteiger partial charge in [0, 0.05) is 18.3 Å². The summed E-state index contributed by atoms with van der Waals surface area (Å²) in [6.45, 7) is 6.54. The lowest BCUT2D eigenvalue weighted by Crippen LogP contribution is -2.28. The Kier molecular flexibility index (Phi) is 8.86. The molecule has 1 aromatic heterocycles. The van der Waals surface area contributed by atoms with Crippen LogP contribution >= 0.6 is 0 Å².